The Hall–Kier alpha value is -0.570. The molecule has 2 rings (SSSR count). The number of piperidine rings is 2. The number of nitrogens with one attached hydrogen (secondary N) is 1. The van der Waals surface area contributed by atoms with Gasteiger partial charge in [0, 0.05) is 18.6 Å². The highest BCUT2D eigenvalue weighted by atomic mass is 16.2. The Balaban J connectivity index is 2.11. The van der Waals surface area contributed by atoms with E-state index in [-0.39, 0.29) is 5.41 Å². The van der Waals surface area contributed by atoms with Crippen molar-refractivity contribution in [3.05, 3.63) is 0 Å². The number of rotatable bonds is 1. The lowest BCUT2D eigenvalue weighted by molar-refractivity contribution is -0.148. The van der Waals surface area contributed by atoms with E-state index in [0.717, 1.165) is 25.9 Å². The Bertz CT molecular complexity index is 274. The highest BCUT2D eigenvalue weighted by Gasteiger charge is 2.41. The minimum absolute atomic E-state index is 0.169. The molecule has 1 amide bonds. The average Bonchev–Trinajstić information content (AvgIpc) is 2.29. The Kier molecular flexibility index (Phi) is 3.76. The van der Waals surface area contributed by atoms with Crippen LogP contribution in [0.5, 0.6) is 0 Å². The SMILES string of the molecule is C[C@@H]1CCC[C@H](C)N1C(=O)C1(C)CCCNC1. The van der Waals surface area contributed by atoms with E-state index in [0.29, 0.717) is 18.0 Å². The van der Waals surface area contributed by atoms with E-state index in [9.17, 15) is 4.79 Å². The lowest BCUT2D eigenvalue weighted by Gasteiger charge is -2.45. The summed E-state index contributed by atoms with van der Waals surface area (Å²) in [6.45, 7) is 8.45. The fourth-order valence-electron chi connectivity index (χ4n) is 3.37. The largest absolute Gasteiger partial charge is 0.337 e. The lowest BCUT2D eigenvalue weighted by atomic mass is 9.80. The first-order valence-corrected chi connectivity index (χ1v) is 7.08. The second-order valence-corrected chi connectivity index (χ2v) is 6.18. The number of carbonyl (C=O) groups is 1. The number of hydrogen-bond acceptors (Lipinski definition) is 2. The predicted molar refractivity (Wildman–Crippen MR) is 69.8 cm³/mol. The van der Waals surface area contributed by atoms with E-state index in [2.05, 4.69) is 31.0 Å². The van der Waals surface area contributed by atoms with Crippen LogP contribution in [0.3, 0.4) is 0 Å². The van der Waals surface area contributed by atoms with Crippen LogP contribution in [-0.4, -0.2) is 36.0 Å². The molecule has 1 unspecified atom stereocenters. The van der Waals surface area contributed by atoms with Gasteiger partial charge in [-0.1, -0.05) is 0 Å². The molecule has 2 saturated heterocycles. The quantitative estimate of drug-likeness (QED) is 0.759. The Labute approximate surface area is 105 Å². The lowest BCUT2D eigenvalue weighted by Crippen LogP contribution is -2.56. The van der Waals surface area contributed by atoms with Crippen molar-refractivity contribution >= 4 is 5.91 Å². The van der Waals surface area contributed by atoms with Gasteiger partial charge in [0.15, 0.2) is 0 Å². The molecule has 3 atom stereocenters. The summed E-state index contributed by atoms with van der Waals surface area (Å²) in [7, 11) is 0. The summed E-state index contributed by atoms with van der Waals surface area (Å²) >= 11 is 0. The van der Waals surface area contributed by atoms with Crippen LogP contribution in [0.25, 0.3) is 0 Å². The minimum Gasteiger partial charge on any atom is -0.337 e. The molecule has 3 heteroatoms. The number of amides is 1. The Morgan fingerprint density at radius 1 is 1.24 bits per heavy atom. The van der Waals surface area contributed by atoms with Gasteiger partial charge in [-0.15, -0.1) is 0 Å². The van der Waals surface area contributed by atoms with Crippen molar-refractivity contribution in [2.45, 2.75) is 65.0 Å². The second-order valence-electron chi connectivity index (χ2n) is 6.18. The van der Waals surface area contributed by atoms with Gasteiger partial charge in [0.1, 0.15) is 0 Å². The van der Waals surface area contributed by atoms with Gasteiger partial charge in [-0.3, -0.25) is 4.79 Å². The van der Waals surface area contributed by atoms with Gasteiger partial charge in [0.2, 0.25) is 5.91 Å². The molecule has 0 aliphatic carbocycles. The Morgan fingerprint density at radius 2 is 1.88 bits per heavy atom. The molecule has 2 aliphatic rings. The fourth-order valence-corrected chi connectivity index (χ4v) is 3.37. The molecule has 0 aromatic rings. The minimum atomic E-state index is -0.169. The van der Waals surface area contributed by atoms with E-state index in [4.69, 9.17) is 0 Å². The molecule has 0 radical (unpaired) electrons. The van der Waals surface area contributed by atoms with Crippen LogP contribution in [0.15, 0.2) is 0 Å². The van der Waals surface area contributed by atoms with Crippen molar-refractivity contribution in [3.63, 3.8) is 0 Å². The maximum Gasteiger partial charge on any atom is 0.230 e. The monoisotopic (exact) mass is 238 g/mol. The highest BCUT2D eigenvalue weighted by molar-refractivity contribution is 5.83. The second kappa shape index (κ2) is 4.97. The molecule has 0 saturated carbocycles. The van der Waals surface area contributed by atoms with E-state index in [1.807, 2.05) is 0 Å². The summed E-state index contributed by atoms with van der Waals surface area (Å²) in [5, 5.41) is 3.38. The first-order chi connectivity index (χ1) is 8.04. The molecule has 2 aliphatic heterocycles. The normalized spacial score (nSPS) is 39.1. The first kappa shape index (κ1) is 12.9. The number of hydrogen-bond donors (Lipinski definition) is 1. The molecule has 2 fully saturated rings. The van der Waals surface area contributed by atoms with Crippen molar-refractivity contribution in [1.29, 1.82) is 0 Å². The third-order valence-corrected chi connectivity index (χ3v) is 4.54. The molecule has 0 aromatic carbocycles. The zero-order valence-electron chi connectivity index (χ0n) is 11.5. The fraction of sp³-hybridized carbons (Fsp3) is 0.929. The molecular formula is C14H26N2O. The Morgan fingerprint density at radius 3 is 2.41 bits per heavy atom. The molecule has 0 aromatic heterocycles. The van der Waals surface area contributed by atoms with Crippen LogP contribution in [0.1, 0.15) is 52.9 Å². The molecule has 98 valence electrons. The smallest absolute Gasteiger partial charge is 0.230 e. The van der Waals surface area contributed by atoms with Crippen LogP contribution >= 0.6 is 0 Å². The molecule has 1 N–H and O–H groups in total. The summed E-state index contributed by atoms with van der Waals surface area (Å²) in [5.74, 6) is 0.379. The van der Waals surface area contributed by atoms with Gasteiger partial charge in [0.05, 0.1) is 5.41 Å². The summed E-state index contributed by atoms with van der Waals surface area (Å²) < 4.78 is 0. The zero-order chi connectivity index (χ0) is 12.5. The van der Waals surface area contributed by atoms with E-state index >= 15 is 0 Å². The van der Waals surface area contributed by atoms with Crippen molar-refractivity contribution < 1.29 is 4.79 Å². The standard InChI is InChI=1S/C14H26N2O/c1-11-6-4-7-12(2)16(11)13(17)14(3)8-5-9-15-10-14/h11-12,15H,4-10H2,1-3H3/t11-,12+,14?. The molecule has 0 spiro atoms. The van der Waals surface area contributed by atoms with Gasteiger partial charge < -0.3 is 10.2 Å². The van der Waals surface area contributed by atoms with Gasteiger partial charge in [0.25, 0.3) is 0 Å². The maximum atomic E-state index is 12.8. The number of carbonyl (C=O) groups excluding carboxylic acids is 1. The number of likely N-dealkylation sites (tertiary alicyclic amines) is 1. The molecular weight excluding hydrogens is 212 g/mol. The van der Waals surface area contributed by atoms with Crippen molar-refractivity contribution in [3.8, 4) is 0 Å². The first-order valence-electron chi connectivity index (χ1n) is 7.08. The van der Waals surface area contributed by atoms with Crippen LogP contribution in [0, 0.1) is 5.41 Å². The van der Waals surface area contributed by atoms with Crippen LogP contribution in [-0.2, 0) is 4.79 Å². The zero-order valence-corrected chi connectivity index (χ0v) is 11.5. The molecule has 3 nitrogen and oxygen atoms in total. The summed E-state index contributed by atoms with van der Waals surface area (Å²) in [6.07, 6.45) is 5.76. The van der Waals surface area contributed by atoms with E-state index in [1.54, 1.807) is 0 Å². The van der Waals surface area contributed by atoms with Gasteiger partial charge in [-0.25, -0.2) is 0 Å². The van der Waals surface area contributed by atoms with Crippen molar-refractivity contribution in [2.75, 3.05) is 13.1 Å². The predicted octanol–water partition coefficient (Wildman–Crippen LogP) is 2.17. The van der Waals surface area contributed by atoms with Gasteiger partial charge >= 0.3 is 0 Å². The summed E-state index contributed by atoms with van der Waals surface area (Å²) in [4.78, 5) is 14.9. The summed E-state index contributed by atoms with van der Waals surface area (Å²) in [6, 6.07) is 0.843. The average molecular weight is 238 g/mol. The maximum absolute atomic E-state index is 12.8. The highest BCUT2D eigenvalue weighted by Crippen LogP contribution is 2.33. The third kappa shape index (κ3) is 2.49. The van der Waals surface area contributed by atoms with Crippen molar-refractivity contribution in [1.82, 2.24) is 10.2 Å². The van der Waals surface area contributed by atoms with Crippen LogP contribution in [0.2, 0.25) is 0 Å². The third-order valence-electron chi connectivity index (χ3n) is 4.54. The van der Waals surface area contributed by atoms with Crippen LogP contribution in [0.4, 0.5) is 0 Å². The molecule has 0 bridgehead atoms. The topological polar surface area (TPSA) is 32.3 Å². The van der Waals surface area contributed by atoms with Gasteiger partial charge in [-0.2, -0.15) is 0 Å². The van der Waals surface area contributed by atoms with Gasteiger partial charge in [-0.05, 0) is 59.4 Å². The summed E-state index contributed by atoms with van der Waals surface area (Å²) in [5.41, 5.74) is -0.169. The van der Waals surface area contributed by atoms with Crippen LogP contribution < -0.4 is 5.32 Å². The van der Waals surface area contributed by atoms with Crippen molar-refractivity contribution in [2.24, 2.45) is 5.41 Å². The van der Waals surface area contributed by atoms with E-state index < -0.39 is 0 Å². The molecule has 2 heterocycles. The number of nitrogens with zero attached hydrogens (tertiary/aromatic N) is 1. The van der Waals surface area contributed by atoms with E-state index in [1.165, 1.54) is 19.3 Å². The molecule has 17 heavy (non-hydrogen) atoms.